The molecule has 7 nitrogen and oxygen atoms in total. The van der Waals surface area contributed by atoms with Gasteiger partial charge in [0.1, 0.15) is 6.54 Å². The molecule has 1 aliphatic carbocycles. The molecular formula is C26H33F2N5O2. The summed E-state index contributed by atoms with van der Waals surface area (Å²) in [5, 5.41) is 4.45. The number of aryl methyl sites for hydroxylation is 1. The number of carbonyl (C=O) groups is 2. The second-order valence-electron chi connectivity index (χ2n) is 10.1. The van der Waals surface area contributed by atoms with Gasteiger partial charge in [0.05, 0.1) is 0 Å². The Labute approximate surface area is 204 Å². The molecule has 3 aliphatic rings. The number of fused-ring (bicyclic) bond motifs is 1. The standard InChI is InChI=1S/C26H33F2N5O2/c1-18-6-5-7-21(19(18)2)30-12-14-31(15-13-30)23(34)17-33-22-8-9-26(27,28)16-20(22)24(29-33)25(35)32-10-3-4-11-32/h5-7H,3-4,8-17H2,1-2H3. The Balaban J connectivity index is 1.31. The average molecular weight is 486 g/mol. The zero-order valence-corrected chi connectivity index (χ0v) is 20.5. The van der Waals surface area contributed by atoms with E-state index in [1.807, 2.05) is 4.90 Å². The number of aromatic nitrogens is 2. The predicted molar refractivity (Wildman–Crippen MR) is 129 cm³/mol. The molecule has 0 atom stereocenters. The summed E-state index contributed by atoms with van der Waals surface area (Å²) in [4.78, 5) is 32.0. The minimum absolute atomic E-state index is 0.0232. The second kappa shape index (κ2) is 9.24. The van der Waals surface area contributed by atoms with E-state index >= 15 is 0 Å². The molecule has 0 saturated carbocycles. The number of likely N-dealkylation sites (tertiary alicyclic amines) is 1. The number of anilines is 1. The summed E-state index contributed by atoms with van der Waals surface area (Å²) in [7, 11) is 0. The third kappa shape index (κ3) is 4.65. The van der Waals surface area contributed by atoms with Crippen LogP contribution in [0.3, 0.4) is 0 Å². The fourth-order valence-electron chi connectivity index (χ4n) is 5.52. The lowest BCUT2D eigenvalue weighted by atomic mass is 9.92. The molecule has 2 aromatic rings. The van der Waals surface area contributed by atoms with Gasteiger partial charge in [-0.1, -0.05) is 12.1 Å². The maximum Gasteiger partial charge on any atom is 0.274 e. The number of piperazine rings is 1. The molecular weight excluding hydrogens is 452 g/mol. The highest BCUT2D eigenvalue weighted by Crippen LogP contribution is 2.35. The number of hydrogen-bond acceptors (Lipinski definition) is 4. The summed E-state index contributed by atoms with van der Waals surface area (Å²) >= 11 is 0. The minimum atomic E-state index is -2.85. The monoisotopic (exact) mass is 485 g/mol. The molecule has 2 saturated heterocycles. The summed E-state index contributed by atoms with van der Waals surface area (Å²) < 4.78 is 30.0. The van der Waals surface area contributed by atoms with Crippen molar-refractivity contribution in [2.45, 2.75) is 58.4 Å². The van der Waals surface area contributed by atoms with Crippen molar-refractivity contribution in [2.24, 2.45) is 0 Å². The molecule has 9 heteroatoms. The Morgan fingerprint density at radius 1 is 1.00 bits per heavy atom. The van der Waals surface area contributed by atoms with Crippen LogP contribution in [-0.4, -0.2) is 76.6 Å². The van der Waals surface area contributed by atoms with Crippen LogP contribution in [0.4, 0.5) is 14.5 Å². The predicted octanol–water partition coefficient (Wildman–Crippen LogP) is 3.21. The van der Waals surface area contributed by atoms with Gasteiger partial charge < -0.3 is 14.7 Å². The Morgan fingerprint density at radius 3 is 2.43 bits per heavy atom. The molecule has 0 spiro atoms. The van der Waals surface area contributed by atoms with Crippen molar-refractivity contribution in [1.82, 2.24) is 19.6 Å². The van der Waals surface area contributed by atoms with Gasteiger partial charge in [-0.05, 0) is 50.3 Å². The number of halogens is 2. The Bertz CT molecular complexity index is 1130. The summed E-state index contributed by atoms with van der Waals surface area (Å²) in [6, 6.07) is 6.27. The Kier molecular flexibility index (Phi) is 6.27. The van der Waals surface area contributed by atoms with Crippen LogP contribution in [0.5, 0.6) is 0 Å². The van der Waals surface area contributed by atoms with Gasteiger partial charge in [-0.15, -0.1) is 0 Å². The van der Waals surface area contributed by atoms with E-state index in [0.29, 0.717) is 37.4 Å². The highest BCUT2D eigenvalue weighted by atomic mass is 19.3. The fourth-order valence-corrected chi connectivity index (χ4v) is 5.52. The van der Waals surface area contributed by atoms with Crippen molar-refractivity contribution in [1.29, 1.82) is 0 Å². The normalized spacial score (nSPS) is 19.7. The van der Waals surface area contributed by atoms with Crippen LogP contribution in [0.15, 0.2) is 18.2 Å². The molecule has 1 aromatic heterocycles. The lowest BCUT2D eigenvalue weighted by Crippen LogP contribution is -2.50. The van der Waals surface area contributed by atoms with Crippen LogP contribution in [0.25, 0.3) is 0 Å². The van der Waals surface area contributed by atoms with Gasteiger partial charge in [-0.2, -0.15) is 5.10 Å². The van der Waals surface area contributed by atoms with E-state index in [1.165, 1.54) is 21.5 Å². The van der Waals surface area contributed by atoms with Gasteiger partial charge in [0.15, 0.2) is 5.69 Å². The van der Waals surface area contributed by atoms with E-state index in [9.17, 15) is 18.4 Å². The van der Waals surface area contributed by atoms with Crippen LogP contribution in [0.1, 0.15) is 52.1 Å². The first-order valence-corrected chi connectivity index (χ1v) is 12.6. The maximum absolute atomic E-state index is 14.3. The Hall–Kier alpha value is -2.97. The van der Waals surface area contributed by atoms with E-state index in [-0.39, 0.29) is 36.9 Å². The first kappa shape index (κ1) is 23.8. The molecule has 0 N–H and O–H groups in total. The van der Waals surface area contributed by atoms with Gasteiger partial charge in [-0.3, -0.25) is 14.3 Å². The van der Waals surface area contributed by atoms with Crippen LogP contribution in [0, 0.1) is 13.8 Å². The van der Waals surface area contributed by atoms with Gasteiger partial charge >= 0.3 is 0 Å². The molecule has 0 unspecified atom stereocenters. The number of nitrogens with zero attached hydrogens (tertiary/aromatic N) is 5. The fraction of sp³-hybridized carbons (Fsp3) is 0.577. The topological polar surface area (TPSA) is 61.7 Å². The molecule has 2 amide bonds. The zero-order valence-electron chi connectivity index (χ0n) is 20.5. The maximum atomic E-state index is 14.3. The van der Waals surface area contributed by atoms with Crippen LogP contribution < -0.4 is 4.90 Å². The molecule has 35 heavy (non-hydrogen) atoms. The van der Waals surface area contributed by atoms with E-state index in [2.05, 4.69) is 42.0 Å². The summed E-state index contributed by atoms with van der Waals surface area (Å²) in [5.74, 6) is -3.23. The van der Waals surface area contributed by atoms with E-state index in [0.717, 1.165) is 25.9 Å². The van der Waals surface area contributed by atoms with Gasteiger partial charge in [0.2, 0.25) is 5.91 Å². The van der Waals surface area contributed by atoms with Crippen LogP contribution in [-0.2, 0) is 24.2 Å². The lowest BCUT2D eigenvalue weighted by Gasteiger charge is -2.37. The van der Waals surface area contributed by atoms with E-state index in [1.54, 1.807) is 4.90 Å². The molecule has 188 valence electrons. The smallest absolute Gasteiger partial charge is 0.274 e. The summed E-state index contributed by atoms with van der Waals surface area (Å²) in [6.07, 6.45) is 1.18. The lowest BCUT2D eigenvalue weighted by molar-refractivity contribution is -0.132. The van der Waals surface area contributed by atoms with Crippen molar-refractivity contribution in [2.75, 3.05) is 44.2 Å². The third-order valence-corrected chi connectivity index (χ3v) is 7.76. The van der Waals surface area contributed by atoms with Gasteiger partial charge in [0, 0.05) is 69.1 Å². The SMILES string of the molecule is Cc1cccc(N2CCN(C(=O)Cn3nc(C(=O)N4CCCC4)c4c3CCC(F)(F)C4)CC2)c1C. The summed E-state index contributed by atoms with van der Waals surface area (Å²) in [5.41, 5.74) is 4.74. The number of alkyl halides is 2. The number of carbonyl (C=O) groups excluding carboxylic acids is 2. The van der Waals surface area contributed by atoms with Crippen LogP contribution in [0.2, 0.25) is 0 Å². The number of benzene rings is 1. The number of hydrogen-bond donors (Lipinski definition) is 0. The molecule has 1 aromatic carbocycles. The van der Waals surface area contributed by atoms with E-state index in [4.69, 9.17) is 0 Å². The number of amides is 2. The van der Waals surface area contributed by atoms with Crippen molar-refractivity contribution in [3.8, 4) is 0 Å². The molecule has 5 rings (SSSR count). The molecule has 3 heterocycles. The van der Waals surface area contributed by atoms with Gasteiger partial charge in [-0.25, -0.2) is 8.78 Å². The average Bonchev–Trinajstić information content (AvgIpc) is 3.48. The van der Waals surface area contributed by atoms with Crippen molar-refractivity contribution < 1.29 is 18.4 Å². The first-order valence-electron chi connectivity index (χ1n) is 12.6. The molecule has 0 radical (unpaired) electrons. The molecule has 2 fully saturated rings. The van der Waals surface area contributed by atoms with Crippen LogP contribution >= 0.6 is 0 Å². The van der Waals surface area contributed by atoms with E-state index < -0.39 is 12.3 Å². The molecule has 0 bridgehead atoms. The zero-order chi connectivity index (χ0) is 24.7. The summed E-state index contributed by atoms with van der Waals surface area (Å²) in [6.45, 7) is 8.10. The van der Waals surface area contributed by atoms with Crippen molar-refractivity contribution in [3.63, 3.8) is 0 Å². The highest BCUT2D eigenvalue weighted by Gasteiger charge is 2.40. The minimum Gasteiger partial charge on any atom is -0.368 e. The van der Waals surface area contributed by atoms with Gasteiger partial charge in [0.25, 0.3) is 11.8 Å². The van der Waals surface area contributed by atoms with Crippen molar-refractivity contribution >= 4 is 17.5 Å². The highest BCUT2D eigenvalue weighted by molar-refractivity contribution is 5.94. The quantitative estimate of drug-likeness (QED) is 0.667. The number of rotatable bonds is 4. The first-order chi connectivity index (χ1) is 16.7. The third-order valence-electron chi connectivity index (χ3n) is 7.76. The Morgan fingerprint density at radius 2 is 1.71 bits per heavy atom. The largest absolute Gasteiger partial charge is 0.368 e. The second-order valence-corrected chi connectivity index (χ2v) is 10.1. The molecule has 2 aliphatic heterocycles. The van der Waals surface area contributed by atoms with Crippen molar-refractivity contribution in [3.05, 3.63) is 46.3 Å².